The third-order valence-corrected chi connectivity index (χ3v) is 3.48. The fourth-order valence-electron chi connectivity index (χ4n) is 2.33. The summed E-state index contributed by atoms with van der Waals surface area (Å²) >= 11 is 0. The van der Waals surface area contributed by atoms with E-state index in [1.165, 1.54) is 0 Å². The molecular formula is C18H17N3O. The van der Waals surface area contributed by atoms with Crippen LogP contribution in [0.4, 0.5) is 0 Å². The molecule has 1 aromatic heterocycles. The van der Waals surface area contributed by atoms with Gasteiger partial charge in [-0.25, -0.2) is 4.98 Å². The number of aromatic amines is 1. The van der Waals surface area contributed by atoms with Crippen molar-refractivity contribution in [2.45, 2.75) is 26.4 Å². The minimum absolute atomic E-state index is 0.479. The van der Waals surface area contributed by atoms with Crippen molar-refractivity contribution in [3.05, 3.63) is 59.4 Å². The Kier molecular flexibility index (Phi) is 4.06. The average Bonchev–Trinajstić information content (AvgIpc) is 2.95. The highest BCUT2D eigenvalue weighted by molar-refractivity contribution is 5.76. The van der Waals surface area contributed by atoms with E-state index in [2.05, 4.69) is 23.0 Å². The Morgan fingerprint density at radius 2 is 2.00 bits per heavy atom. The lowest BCUT2D eigenvalue weighted by Gasteiger charge is -2.06. The highest BCUT2D eigenvalue weighted by atomic mass is 16.5. The minimum Gasteiger partial charge on any atom is -0.489 e. The zero-order chi connectivity index (χ0) is 15.4. The molecule has 110 valence electrons. The summed E-state index contributed by atoms with van der Waals surface area (Å²) in [6, 6.07) is 15.4. The summed E-state index contributed by atoms with van der Waals surface area (Å²) < 4.78 is 5.81. The number of hydrogen-bond acceptors (Lipinski definition) is 3. The highest BCUT2D eigenvalue weighted by Gasteiger charge is 2.04. The molecule has 3 aromatic rings. The van der Waals surface area contributed by atoms with Gasteiger partial charge in [0.1, 0.15) is 18.2 Å². The number of aromatic nitrogens is 2. The van der Waals surface area contributed by atoms with Gasteiger partial charge in [-0.05, 0) is 36.2 Å². The number of aryl methyl sites for hydroxylation is 1. The maximum atomic E-state index is 8.79. The highest BCUT2D eigenvalue weighted by Crippen LogP contribution is 2.20. The van der Waals surface area contributed by atoms with Crippen molar-refractivity contribution < 1.29 is 4.74 Å². The van der Waals surface area contributed by atoms with Crippen LogP contribution in [0.3, 0.4) is 0 Å². The van der Waals surface area contributed by atoms with Gasteiger partial charge in [0.25, 0.3) is 0 Å². The van der Waals surface area contributed by atoms with Crippen molar-refractivity contribution in [1.82, 2.24) is 9.97 Å². The smallest absolute Gasteiger partial charge is 0.122 e. The Balaban J connectivity index is 1.71. The van der Waals surface area contributed by atoms with E-state index in [4.69, 9.17) is 10.00 Å². The monoisotopic (exact) mass is 291 g/mol. The zero-order valence-electron chi connectivity index (χ0n) is 12.5. The van der Waals surface area contributed by atoms with E-state index < -0.39 is 0 Å². The molecule has 0 saturated carbocycles. The van der Waals surface area contributed by atoms with Gasteiger partial charge in [-0.2, -0.15) is 5.26 Å². The number of benzene rings is 2. The number of nitrogens with zero attached hydrogens (tertiary/aromatic N) is 2. The third kappa shape index (κ3) is 3.09. The lowest BCUT2D eigenvalue weighted by molar-refractivity contribution is 0.306. The number of fused-ring (bicyclic) bond motifs is 1. The predicted octanol–water partition coefficient (Wildman–Crippen LogP) is 3.97. The molecule has 0 saturated heterocycles. The molecule has 3 rings (SSSR count). The van der Waals surface area contributed by atoms with Gasteiger partial charge in [-0.15, -0.1) is 0 Å². The van der Waals surface area contributed by atoms with Gasteiger partial charge < -0.3 is 9.72 Å². The second-order valence-corrected chi connectivity index (χ2v) is 5.21. The Morgan fingerprint density at radius 1 is 1.18 bits per heavy atom. The van der Waals surface area contributed by atoms with Gasteiger partial charge in [0.15, 0.2) is 0 Å². The Morgan fingerprint density at radius 3 is 2.73 bits per heavy atom. The number of nitriles is 1. The number of hydrogen-bond donors (Lipinski definition) is 1. The second-order valence-electron chi connectivity index (χ2n) is 5.21. The van der Waals surface area contributed by atoms with Crippen molar-refractivity contribution in [2.24, 2.45) is 0 Å². The molecule has 0 amide bonds. The van der Waals surface area contributed by atoms with Crippen molar-refractivity contribution in [2.75, 3.05) is 0 Å². The molecule has 0 aliphatic rings. The molecule has 0 radical (unpaired) electrons. The minimum atomic E-state index is 0.479. The van der Waals surface area contributed by atoms with Crippen LogP contribution in [0.5, 0.6) is 5.75 Å². The third-order valence-electron chi connectivity index (χ3n) is 3.48. The van der Waals surface area contributed by atoms with Crippen LogP contribution < -0.4 is 4.74 Å². The normalized spacial score (nSPS) is 10.5. The molecule has 1 heterocycles. The molecule has 0 aliphatic carbocycles. The van der Waals surface area contributed by atoms with Gasteiger partial charge in [-0.3, -0.25) is 0 Å². The van der Waals surface area contributed by atoms with Gasteiger partial charge >= 0.3 is 0 Å². The summed E-state index contributed by atoms with van der Waals surface area (Å²) in [5, 5.41) is 8.79. The Labute approximate surface area is 129 Å². The van der Waals surface area contributed by atoms with Gasteiger partial charge in [0.05, 0.1) is 22.7 Å². The Bertz CT molecular complexity index is 812. The average molecular weight is 291 g/mol. The van der Waals surface area contributed by atoms with E-state index in [0.717, 1.165) is 41.0 Å². The molecule has 1 N–H and O–H groups in total. The molecule has 0 spiro atoms. The largest absolute Gasteiger partial charge is 0.489 e. The number of nitrogens with one attached hydrogen (secondary N) is 1. The summed E-state index contributed by atoms with van der Waals surface area (Å²) in [7, 11) is 0. The lowest BCUT2D eigenvalue weighted by atomic mass is 10.1. The van der Waals surface area contributed by atoms with E-state index in [1.54, 1.807) is 12.1 Å². The van der Waals surface area contributed by atoms with Gasteiger partial charge in [0.2, 0.25) is 0 Å². The first kappa shape index (κ1) is 14.2. The van der Waals surface area contributed by atoms with Gasteiger partial charge in [-0.1, -0.05) is 19.1 Å². The van der Waals surface area contributed by atoms with Crippen LogP contribution in [0.15, 0.2) is 42.5 Å². The molecule has 4 heteroatoms. The molecule has 0 fully saturated rings. The molecule has 22 heavy (non-hydrogen) atoms. The SMILES string of the molecule is CCCc1nc2ccc(OCc3ccc(C#N)cc3)cc2[nH]1. The predicted molar refractivity (Wildman–Crippen MR) is 85.6 cm³/mol. The fourth-order valence-corrected chi connectivity index (χ4v) is 2.33. The van der Waals surface area contributed by atoms with Crippen molar-refractivity contribution in [3.63, 3.8) is 0 Å². The number of ether oxygens (including phenoxy) is 1. The molecule has 0 aliphatic heterocycles. The second kappa shape index (κ2) is 6.31. The van der Waals surface area contributed by atoms with E-state index in [1.807, 2.05) is 30.3 Å². The van der Waals surface area contributed by atoms with Crippen molar-refractivity contribution in [3.8, 4) is 11.8 Å². The van der Waals surface area contributed by atoms with Crippen LogP contribution in [0, 0.1) is 11.3 Å². The molecule has 4 nitrogen and oxygen atoms in total. The van der Waals surface area contributed by atoms with Crippen LogP contribution in [0.2, 0.25) is 0 Å². The summed E-state index contributed by atoms with van der Waals surface area (Å²) in [6.07, 6.45) is 2.03. The topological polar surface area (TPSA) is 61.7 Å². The van der Waals surface area contributed by atoms with E-state index in [-0.39, 0.29) is 0 Å². The summed E-state index contributed by atoms with van der Waals surface area (Å²) in [5.41, 5.74) is 3.66. The maximum Gasteiger partial charge on any atom is 0.122 e. The van der Waals surface area contributed by atoms with E-state index in [0.29, 0.717) is 12.2 Å². The summed E-state index contributed by atoms with van der Waals surface area (Å²) in [4.78, 5) is 7.86. The van der Waals surface area contributed by atoms with Crippen molar-refractivity contribution >= 4 is 11.0 Å². The fraction of sp³-hybridized carbons (Fsp3) is 0.222. The first-order valence-corrected chi connectivity index (χ1v) is 7.39. The molecule has 0 bridgehead atoms. The van der Waals surface area contributed by atoms with Crippen LogP contribution >= 0.6 is 0 Å². The molecular weight excluding hydrogens is 274 g/mol. The lowest BCUT2D eigenvalue weighted by Crippen LogP contribution is -1.95. The first-order valence-electron chi connectivity index (χ1n) is 7.39. The first-order chi connectivity index (χ1) is 10.8. The van der Waals surface area contributed by atoms with E-state index >= 15 is 0 Å². The van der Waals surface area contributed by atoms with Crippen LogP contribution in [0.1, 0.15) is 30.3 Å². The van der Waals surface area contributed by atoms with Crippen LogP contribution in [-0.4, -0.2) is 9.97 Å². The molecule has 0 atom stereocenters. The quantitative estimate of drug-likeness (QED) is 0.773. The zero-order valence-corrected chi connectivity index (χ0v) is 12.5. The standard InChI is InChI=1S/C18H17N3O/c1-2-3-18-20-16-9-8-15(10-17(16)21-18)22-12-14-6-4-13(11-19)5-7-14/h4-10H,2-3,12H2,1H3,(H,20,21). The maximum absolute atomic E-state index is 8.79. The molecule has 2 aromatic carbocycles. The van der Waals surface area contributed by atoms with Gasteiger partial charge in [0, 0.05) is 12.5 Å². The van der Waals surface area contributed by atoms with Crippen LogP contribution in [-0.2, 0) is 13.0 Å². The molecule has 0 unspecified atom stereocenters. The number of rotatable bonds is 5. The summed E-state index contributed by atoms with van der Waals surface area (Å²) in [5.74, 6) is 1.82. The number of H-pyrrole nitrogens is 1. The number of imidazole rings is 1. The Hall–Kier alpha value is -2.80. The summed E-state index contributed by atoms with van der Waals surface area (Å²) in [6.45, 7) is 2.62. The van der Waals surface area contributed by atoms with Crippen molar-refractivity contribution in [1.29, 1.82) is 5.26 Å². The van der Waals surface area contributed by atoms with Crippen LogP contribution in [0.25, 0.3) is 11.0 Å². The van der Waals surface area contributed by atoms with E-state index in [9.17, 15) is 0 Å².